The van der Waals surface area contributed by atoms with Gasteiger partial charge in [0.1, 0.15) is 0 Å². The van der Waals surface area contributed by atoms with Crippen LogP contribution in [-0.4, -0.2) is 24.3 Å². The van der Waals surface area contributed by atoms with Gasteiger partial charge < -0.3 is 10.4 Å². The van der Waals surface area contributed by atoms with Crippen LogP contribution in [0.4, 0.5) is 0 Å². The summed E-state index contributed by atoms with van der Waals surface area (Å²) in [5.74, 6) is 1.21. The predicted molar refractivity (Wildman–Crippen MR) is 41.8 cm³/mol. The van der Waals surface area contributed by atoms with Crippen molar-refractivity contribution in [3.05, 3.63) is 0 Å². The van der Waals surface area contributed by atoms with E-state index in [9.17, 15) is 0 Å². The number of nitrogens with one attached hydrogen (secondary N) is 1. The van der Waals surface area contributed by atoms with E-state index in [1.54, 1.807) is 0 Å². The molecule has 0 radical (unpaired) electrons. The van der Waals surface area contributed by atoms with Gasteiger partial charge in [-0.05, 0) is 31.7 Å². The Morgan fingerprint density at radius 3 is 2.70 bits per heavy atom. The fraction of sp³-hybridized carbons (Fsp3) is 1.00. The summed E-state index contributed by atoms with van der Waals surface area (Å²) < 4.78 is 0. The van der Waals surface area contributed by atoms with Crippen molar-refractivity contribution in [3.8, 4) is 0 Å². The van der Waals surface area contributed by atoms with Crippen molar-refractivity contribution in [1.82, 2.24) is 5.32 Å². The van der Waals surface area contributed by atoms with Gasteiger partial charge in [-0.1, -0.05) is 6.92 Å². The molecule has 0 spiro atoms. The number of aliphatic hydroxyl groups excluding tert-OH is 1. The third-order valence-electron chi connectivity index (χ3n) is 2.44. The third-order valence-corrected chi connectivity index (χ3v) is 2.44. The molecule has 10 heavy (non-hydrogen) atoms. The summed E-state index contributed by atoms with van der Waals surface area (Å²) in [5, 5.41) is 12.3. The van der Waals surface area contributed by atoms with Crippen LogP contribution in [-0.2, 0) is 0 Å². The number of piperidine rings is 1. The Hall–Kier alpha value is -0.0800. The lowest BCUT2D eigenvalue weighted by Gasteiger charge is -2.32. The Bertz CT molecular complexity index is 105. The fourth-order valence-corrected chi connectivity index (χ4v) is 1.59. The van der Waals surface area contributed by atoms with E-state index in [1.165, 1.54) is 6.42 Å². The zero-order valence-electron chi connectivity index (χ0n) is 6.80. The molecule has 2 heteroatoms. The summed E-state index contributed by atoms with van der Waals surface area (Å²) in [6.07, 6.45) is 1.17. The zero-order chi connectivity index (χ0) is 7.56. The van der Waals surface area contributed by atoms with Gasteiger partial charge in [-0.3, -0.25) is 0 Å². The number of aliphatic hydroxyl groups is 1. The highest BCUT2D eigenvalue weighted by atomic mass is 16.3. The summed E-state index contributed by atoms with van der Waals surface area (Å²) in [7, 11) is 0. The topological polar surface area (TPSA) is 32.3 Å². The van der Waals surface area contributed by atoms with Crippen molar-refractivity contribution in [1.29, 1.82) is 0 Å². The quantitative estimate of drug-likeness (QED) is 0.564. The third kappa shape index (κ3) is 1.70. The van der Waals surface area contributed by atoms with Crippen LogP contribution in [0.25, 0.3) is 0 Å². The minimum absolute atomic E-state index is 0.332. The molecule has 1 fully saturated rings. The second-order valence-electron chi connectivity index (χ2n) is 3.48. The molecule has 2 N–H and O–H groups in total. The molecule has 1 aliphatic rings. The molecule has 2 nitrogen and oxygen atoms in total. The van der Waals surface area contributed by atoms with Crippen LogP contribution < -0.4 is 5.32 Å². The number of rotatable bonds is 1. The van der Waals surface area contributed by atoms with E-state index in [1.807, 2.05) is 0 Å². The molecule has 0 aromatic carbocycles. The number of hydrogen-bond acceptors (Lipinski definition) is 2. The second-order valence-corrected chi connectivity index (χ2v) is 3.48. The van der Waals surface area contributed by atoms with Crippen LogP contribution in [0.3, 0.4) is 0 Å². The first kappa shape index (κ1) is 8.02. The van der Waals surface area contributed by atoms with Gasteiger partial charge >= 0.3 is 0 Å². The normalized spacial score (nSPS) is 41.7. The minimum Gasteiger partial charge on any atom is -0.396 e. The van der Waals surface area contributed by atoms with Crippen molar-refractivity contribution in [2.75, 3.05) is 13.2 Å². The zero-order valence-corrected chi connectivity index (χ0v) is 6.80. The van der Waals surface area contributed by atoms with Crippen LogP contribution in [0, 0.1) is 11.8 Å². The Labute approximate surface area is 62.6 Å². The van der Waals surface area contributed by atoms with E-state index in [0.717, 1.165) is 12.5 Å². The molecule has 1 saturated heterocycles. The van der Waals surface area contributed by atoms with Gasteiger partial charge in [0.2, 0.25) is 0 Å². The van der Waals surface area contributed by atoms with E-state index < -0.39 is 0 Å². The molecule has 3 atom stereocenters. The molecule has 60 valence electrons. The lowest BCUT2D eigenvalue weighted by molar-refractivity contribution is 0.143. The first-order valence-electron chi connectivity index (χ1n) is 4.08. The van der Waals surface area contributed by atoms with E-state index in [-0.39, 0.29) is 0 Å². The van der Waals surface area contributed by atoms with Gasteiger partial charge in [-0.15, -0.1) is 0 Å². The van der Waals surface area contributed by atoms with Gasteiger partial charge in [0.05, 0.1) is 0 Å². The summed E-state index contributed by atoms with van der Waals surface area (Å²) in [5.41, 5.74) is 0. The molecule has 3 unspecified atom stereocenters. The SMILES string of the molecule is CC1CNC(C)C(CO)C1. The van der Waals surface area contributed by atoms with E-state index in [2.05, 4.69) is 19.2 Å². The van der Waals surface area contributed by atoms with Gasteiger partial charge in [0, 0.05) is 12.6 Å². The predicted octanol–water partition coefficient (Wildman–Crippen LogP) is 0.613. The Balaban J connectivity index is 2.38. The summed E-state index contributed by atoms with van der Waals surface area (Å²) >= 11 is 0. The summed E-state index contributed by atoms with van der Waals surface area (Å²) in [6, 6.07) is 0.501. The molecular formula is C8H17NO. The van der Waals surface area contributed by atoms with Crippen LogP contribution in [0.15, 0.2) is 0 Å². The molecule has 1 aliphatic heterocycles. The Morgan fingerprint density at radius 1 is 1.50 bits per heavy atom. The van der Waals surface area contributed by atoms with Crippen molar-refractivity contribution in [2.24, 2.45) is 11.8 Å². The van der Waals surface area contributed by atoms with Crippen LogP contribution in [0.2, 0.25) is 0 Å². The molecule has 0 aromatic rings. The maximum absolute atomic E-state index is 8.94. The van der Waals surface area contributed by atoms with Crippen molar-refractivity contribution >= 4 is 0 Å². The maximum Gasteiger partial charge on any atom is 0.0474 e. The molecule has 0 aromatic heterocycles. The van der Waals surface area contributed by atoms with Gasteiger partial charge in [-0.25, -0.2) is 0 Å². The fourth-order valence-electron chi connectivity index (χ4n) is 1.59. The van der Waals surface area contributed by atoms with Crippen LogP contribution in [0.5, 0.6) is 0 Å². The van der Waals surface area contributed by atoms with E-state index in [4.69, 9.17) is 5.11 Å². The summed E-state index contributed by atoms with van der Waals surface area (Å²) in [4.78, 5) is 0. The summed E-state index contributed by atoms with van der Waals surface area (Å²) in [6.45, 7) is 5.81. The van der Waals surface area contributed by atoms with Gasteiger partial charge in [0.25, 0.3) is 0 Å². The average molecular weight is 143 g/mol. The second kappa shape index (κ2) is 3.35. The van der Waals surface area contributed by atoms with Crippen molar-refractivity contribution in [3.63, 3.8) is 0 Å². The number of hydrogen-bond donors (Lipinski definition) is 2. The Morgan fingerprint density at radius 2 is 2.20 bits per heavy atom. The minimum atomic E-state index is 0.332. The average Bonchev–Trinajstić information content (AvgIpc) is 1.94. The maximum atomic E-state index is 8.94. The highest BCUT2D eigenvalue weighted by molar-refractivity contribution is 4.79. The molecule has 0 bridgehead atoms. The monoisotopic (exact) mass is 143 g/mol. The largest absolute Gasteiger partial charge is 0.396 e. The van der Waals surface area contributed by atoms with E-state index >= 15 is 0 Å². The molecule has 1 heterocycles. The van der Waals surface area contributed by atoms with Crippen molar-refractivity contribution < 1.29 is 5.11 Å². The van der Waals surface area contributed by atoms with Crippen molar-refractivity contribution in [2.45, 2.75) is 26.3 Å². The lowest BCUT2D eigenvalue weighted by atomic mass is 9.87. The first-order chi connectivity index (χ1) is 4.74. The van der Waals surface area contributed by atoms with E-state index in [0.29, 0.717) is 18.6 Å². The smallest absolute Gasteiger partial charge is 0.0474 e. The van der Waals surface area contributed by atoms with Crippen LogP contribution in [0.1, 0.15) is 20.3 Å². The Kier molecular flexibility index (Phi) is 2.69. The highest BCUT2D eigenvalue weighted by Crippen LogP contribution is 2.19. The highest BCUT2D eigenvalue weighted by Gasteiger charge is 2.23. The molecule has 0 saturated carbocycles. The van der Waals surface area contributed by atoms with Crippen LogP contribution >= 0.6 is 0 Å². The molecule has 0 aliphatic carbocycles. The van der Waals surface area contributed by atoms with Gasteiger partial charge in [0.15, 0.2) is 0 Å². The first-order valence-corrected chi connectivity index (χ1v) is 4.08. The lowest BCUT2D eigenvalue weighted by Crippen LogP contribution is -2.44. The molecule has 1 rings (SSSR count). The standard InChI is InChI=1S/C8H17NO/c1-6-3-8(5-10)7(2)9-4-6/h6-10H,3-5H2,1-2H3. The molecule has 0 amide bonds. The van der Waals surface area contributed by atoms with Gasteiger partial charge in [-0.2, -0.15) is 0 Å². The molecular weight excluding hydrogens is 126 g/mol.